The summed E-state index contributed by atoms with van der Waals surface area (Å²) in [6.07, 6.45) is 1.95. The number of anilines is 1. The van der Waals surface area contributed by atoms with Gasteiger partial charge in [-0.25, -0.2) is 8.42 Å². The summed E-state index contributed by atoms with van der Waals surface area (Å²) in [6.45, 7) is 5.42. The van der Waals surface area contributed by atoms with Gasteiger partial charge in [-0.3, -0.25) is 13.9 Å². The van der Waals surface area contributed by atoms with Crippen molar-refractivity contribution in [1.29, 1.82) is 0 Å². The van der Waals surface area contributed by atoms with Gasteiger partial charge in [0, 0.05) is 18.1 Å². The van der Waals surface area contributed by atoms with Crippen molar-refractivity contribution in [3.05, 3.63) is 91.9 Å². The molecule has 1 N–H and O–H groups in total. The third-order valence-electron chi connectivity index (χ3n) is 6.62. The molecule has 1 atom stereocenters. The second-order valence-corrected chi connectivity index (χ2v) is 13.3. The summed E-state index contributed by atoms with van der Waals surface area (Å²) in [4.78, 5) is 28.8. The highest BCUT2D eigenvalue weighted by molar-refractivity contribution is 7.92. The van der Waals surface area contributed by atoms with Gasteiger partial charge in [0.25, 0.3) is 10.0 Å². The van der Waals surface area contributed by atoms with Crippen molar-refractivity contribution in [3.8, 4) is 0 Å². The molecule has 0 radical (unpaired) electrons. The van der Waals surface area contributed by atoms with Crippen molar-refractivity contribution >= 4 is 73.9 Å². The largest absolute Gasteiger partial charge is 0.354 e. The normalized spacial score (nSPS) is 12.1. The number of hydrogen-bond donors (Lipinski definition) is 1. The maximum Gasteiger partial charge on any atom is 0.264 e. The Labute approximate surface area is 267 Å². The van der Waals surface area contributed by atoms with Crippen LogP contribution in [0.1, 0.15) is 44.2 Å². The zero-order valence-corrected chi connectivity index (χ0v) is 27.4. The highest BCUT2D eigenvalue weighted by atomic mass is 35.5. The van der Waals surface area contributed by atoms with Crippen molar-refractivity contribution < 1.29 is 18.0 Å². The van der Waals surface area contributed by atoms with Gasteiger partial charge in [0.15, 0.2) is 0 Å². The van der Waals surface area contributed by atoms with Crippen molar-refractivity contribution in [2.75, 3.05) is 17.4 Å². The van der Waals surface area contributed by atoms with Crippen LogP contribution in [0.15, 0.2) is 65.6 Å². The summed E-state index contributed by atoms with van der Waals surface area (Å²) in [6, 6.07) is 14.7. The number of halogens is 4. The molecule has 0 unspecified atom stereocenters. The average Bonchev–Trinajstić information content (AvgIpc) is 2.95. The van der Waals surface area contributed by atoms with E-state index < -0.39 is 28.5 Å². The molecule has 0 heterocycles. The van der Waals surface area contributed by atoms with Crippen LogP contribution in [0.5, 0.6) is 0 Å². The molecule has 2 amide bonds. The molecule has 0 aliphatic rings. The van der Waals surface area contributed by atoms with Gasteiger partial charge in [-0.1, -0.05) is 90.4 Å². The number of carbonyl (C=O) groups is 2. The van der Waals surface area contributed by atoms with Gasteiger partial charge in [0.1, 0.15) is 12.6 Å². The Morgan fingerprint density at radius 1 is 0.881 bits per heavy atom. The van der Waals surface area contributed by atoms with Crippen LogP contribution in [0.3, 0.4) is 0 Å². The van der Waals surface area contributed by atoms with E-state index in [0.717, 1.165) is 22.7 Å². The molecule has 0 saturated carbocycles. The summed E-state index contributed by atoms with van der Waals surface area (Å²) in [5.41, 5.74) is 1.52. The number of nitrogens with one attached hydrogen (secondary N) is 1. The van der Waals surface area contributed by atoms with Gasteiger partial charge in [0.2, 0.25) is 11.8 Å². The number of sulfonamides is 1. The SMILES string of the molecule is CCCCNC(=O)[C@H](CC)N(Cc1ccc(Cl)c(Cl)c1)C(=O)CN(c1cc(Cl)ccc1Cl)S(=O)(=O)c1ccc(C)cc1. The van der Waals surface area contributed by atoms with Crippen LogP contribution in [0.4, 0.5) is 5.69 Å². The number of benzene rings is 3. The quantitative estimate of drug-likeness (QED) is 0.190. The summed E-state index contributed by atoms with van der Waals surface area (Å²) in [7, 11) is -4.29. The van der Waals surface area contributed by atoms with Crippen LogP contribution < -0.4 is 9.62 Å². The fourth-order valence-corrected chi connectivity index (χ4v) is 6.47. The minimum atomic E-state index is -4.29. The van der Waals surface area contributed by atoms with E-state index >= 15 is 0 Å². The van der Waals surface area contributed by atoms with Crippen LogP contribution in [-0.4, -0.2) is 44.3 Å². The molecule has 7 nitrogen and oxygen atoms in total. The van der Waals surface area contributed by atoms with E-state index in [2.05, 4.69) is 5.32 Å². The zero-order valence-electron chi connectivity index (χ0n) is 23.5. The Bertz CT molecular complexity index is 1520. The molecule has 0 saturated heterocycles. The van der Waals surface area contributed by atoms with Crippen molar-refractivity contribution in [1.82, 2.24) is 10.2 Å². The third-order valence-corrected chi connectivity index (χ3v) is 9.68. The fourth-order valence-electron chi connectivity index (χ4n) is 4.29. The second kappa shape index (κ2) is 15.3. The fraction of sp³-hybridized carbons (Fsp3) is 0.333. The van der Waals surface area contributed by atoms with Gasteiger partial charge < -0.3 is 10.2 Å². The number of aryl methyl sites for hydroxylation is 1. The summed E-state index contributed by atoms with van der Waals surface area (Å²) < 4.78 is 28.9. The lowest BCUT2D eigenvalue weighted by Gasteiger charge is -2.33. The third kappa shape index (κ3) is 8.54. The maximum absolute atomic E-state index is 14.2. The van der Waals surface area contributed by atoms with Gasteiger partial charge in [0.05, 0.1) is 25.7 Å². The standard InChI is InChI=1S/C30H33Cl4N3O4S/c1-4-6-15-35-30(39)27(5-2)36(18-21-9-13-24(32)26(34)16-21)29(38)19-37(28-17-22(31)10-14-25(28)33)42(40,41)23-11-7-20(3)8-12-23/h7-14,16-17,27H,4-6,15,18-19H2,1-3H3,(H,35,39)/t27-/m0/s1. The zero-order chi connectivity index (χ0) is 31.0. The molecule has 0 bridgehead atoms. The Kier molecular flexibility index (Phi) is 12.4. The van der Waals surface area contributed by atoms with E-state index in [4.69, 9.17) is 46.4 Å². The first-order valence-corrected chi connectivity index (χ1v) is 16.4. The minimum absolute atomic E-state index is 0.0167. The lowest BCUT2D eigenvalue weighted by atomic mass is 10.1. The van der Waals surface area contributed by atoms with Gasteiger partial charge in [-0.2, -0.15) is 0 Å². The number of nitrogens with zero attached hydrogens (tertiary/aromatic N) is 2. The summed E-state index contributed by atoms with van der Waals surface area (Å²) >= 11 is 25.0. The first-order chi connectivity index (χ1) is 19.9. The molecule has 0 aliphatic heterocycles. The lowest BCUT2D eigenvalue weighted by Crippen LogP contribution is -2.52. The number of rotatable bonds is 13. The number of unbranched alkanes of at least 4 members (excludes halogenated alkanes) is 1. The van der Waals surface area contributed by atoms with E-state index in [1.807, 2.05) is 13.8 Å². The van der Waals surface area contributed by atoms with E-state index in [-0.39, 0.29) is 44.5 Å². The monoisotopic (exact) mass is 671 g/mol. The van der Waals surface area contributed by atoms with Crippen molar-refractivity contribution in [2.45, 2.75) is 57.5 Å². The van der Waals surface area contributed by atoms with Gasteiger partial charge >= 0.3 is 0 Å². The number of amides is 2. The van der Waals surface area contributed by atoms with Gasteiger partial charge in [-0.05, 0) is 67.8 Å². The predicted molar refractivity (Wildman–Crippen MR) is 171 cm³/mol. The smallest absolute Gasteiger partial charge is 0.264 e. The summed E-state index contributed by atoms with van der Waals surface area (Å²) in [5.74, 6) is -0.960. The highest BCUT2D eigenvalue weighted by Gasteiger charge is 2.34. The first kappa shape index (κ1) is 34.0. The predicted octanol–water partition coefficient (Wildman–Crippen LogP) is 7.53. The molecular formula is C30H33Cl4N3O4S. The van der Waals surface area contributed by atoms with E-state index in [1.165, 1.54) is 35.2 Å². The van der Waals surface area contributed by atoms with E-state index in [1.54, 1.807) is 37.3 Å². The average molecular weight is 673 g/mol. The Morgan fingerprint density at radius 3 is 2.17 bits per heavy atom. The molecule has 0 aliphatic carbocycles. The minimum Gasteiger partial charge on any atom is -0.354 e. The van der Waals surface area contributed by atoms with Crippen LogP contribution in [0.25, 0.3) is 0 Å². The highest BCUT2D eigenvalue weighted by Crippen LogP contribution is 2.33. The number of carbonyl (C=O) groups excluding carboxylic acids is 2. The second-order valence-electron chi connectivity index (χ2n) is 9.76. The van der Waals surface area contributed by atoms with Crippen LogP contribution in [0.2, 0.25) is 20.1 Å². The molecular weight excluding hydrogens is 640 g/mol. The Morgan fingerprint density at radius 2 is 1.55 bits per heavy atom. The van der Waals surface area contributed by atoms with Crippen LogP contribution in [0, 0.1) is 6.92 Å². The molecule has 226 valence electrons. The van der Waals surface area contributed by atoms with E-state index in [9.17, 15) is 18.0 Å². The van der Waals surface area contributed by atoms with Crippen molar-refractivity contribution in [2.24, 2.45) is 0 Å². The molecule has 3 aromatic rings. The first-order valence-electron chi connectivity index (χ1n) is 13.4. The molecule has 42 heavy (non-hydrogen) atoms. The number of hydrogen-bond acceptors (Lipinski definition) is 4. The van der Waals surface area contributed by atoms with Crippen LogP contribution >= 0.6 is 46.4 Å². The van der Waals surface area contributed by atoms with Gasteiger partial charge in [-0.15, -0.1) is 0 Å². The molecule has 3 aromatic carbocycles. The maximum atomic E-state index is 14.2. The lowest BCUT2D eigenvalue weighted by molar-refractivity contribution is -0.140. The molecule has 12 heteroatoms. The topological polar surface area (TPSA) is 86.8 Å². The van der Waals surface area contributed by atoms with Crippen molar-refractivity contribution in [3.63, 3.8) is 0 Å². The van der Waals surface area contributed by atoms with Crippen LogP contribution in [-0.2, 0) is 26.2 Å². The molecule has 3 rings (SSSR count). The summed E-state index contributed by atoms with van der Waals surface area (Å²) in [5, 5.41) is 3.84. The molecule has 0 fully saturated rings. The van der Waals surface area contributed by atoms with E-state index in [0.29, 0.717) is 17.1 Å². The Balaban J connectivity index is 2.09. The molecule has 0 aromatic heterocycles. The Hall–Kier alpha value is -2.49. The molecule has 0 spiro atoms.